The number of hydrogen-bond acceptors (Lipinski definition) is 4. The van der Waals surface area contributed by atoms with Gasteiger partial charge in [-0.1, -0.05) is 0 Å². The summed E-state index contributed by atoms with van der Waals surface area (Å²) in [5.41, 5.74) is 0.615. The topological polar surface area (TPSA) is 104 Å². The number of hydrogen-bond donors (Lipinski definition) is 3. The Kier molecular flexibility index (Phi) is 5.12. The van der Waals surface area contributed by atoms with Gasteiger partial charge in [-0.25, -0.2) is 19.6 Å². The van der Waals surface area contributed by atoms with E-state index in [0.29, 0.717) is 5.69 Å². The SMILES string of the molecule is C#CCC(NC(=O)NCc1ccncn1)C(=O)O. The van der Waals surface area contributed by atoms with Gasteiger partial charge in [-0.2, -0.15) is 0 Å². The van der Waals surface area contributed by atoms with E-state index in [1.54, 1.807) is 12.3 Å². The minimum absolute atomic E-state index is 0.0732. The van der Waals surface area contributed by atoms with Crippen LogP contribution in [0.15, 0.2) is 18.6 Å². The van der Waals surface area contributed by atoms with Crippen molar-refractivity contribution in [2.45, 2.75) is 19.0 Å². The average Bonchev–Trinajstić information content (AvgIpc) is 2.37. The summed E-state index contributed by atoms with van der Waals surface area (Å²) in [6, 6.07) is -0.0761. The van der Waals surface area contributed by atoms with Crippen molar-refractivity contribution in [1.29, 1.82) is 0 Å². The fourth-order valence-electron chi connectivity index (χ4n) is 1.12. The van der Waals surface area contributed by atoms with Crippen LogP contribution in [0.3, 0.4) is 0 Å². The molecule has 0 fully saturated rings. The Morgan fingerprint density at radius 3 is 2.89 bits per heavy atom. The van der Waals surface area contributed by atoms with Crippen LogP contribution in [0.1, 0.15) is 12.1 Å². The Morgan fingerprint density at radius 2 is 2.33 bits per heavy atom. The van der Waals surface area contributed by atoms with E-state index in [2.05, 4.69) is 26.5 Å². The molecule has 0 bridgehead atoms. The first-order valence-electron chi connectivity index (χ1n) is 5.09. The molecule has 7 nitrogen and oxygen atoms in total. The molecule has 0 aliphatic heterocycles. The molecule has 0 spiro atoms. The molecule has 1 atom stereocenters. The molecule has 1 rings (SSSR count). The van der Waals surface area contributed by atoms with Crippen molar-refractivity contribution in [3.8, 4) is 12.3 Å². The van der Waals surface area contributed by atoms with Gasteiger partial charge in [-0.05, 0) is 6.07 Å². The first kappa shape index (κ1) is 13.4. The largest absolute Gasteiger partial charge is 0.480 e. The van der Waals surface area contributed by atoms with E-state index < -0.39 is 18.0 Å². The van der Waals surface area contributed by atoms with Gasteiger partial charge in [0.05, 0.1) is 12.2 Å². The lowest BCUT2D eigenvalue weighted by Crippen LogP contribution is -2.45. The molecule has 1 aromatic heterocycles. The van der Waals surface area contributed by atoms with E-state index >= 15 is 0 Å². The Morgan fingerprint density at radius 1 is 1.56 bits per heavy atom. The second kappa shape index (κ2) is 6.85. The number of urea groups is 1. The standard InChI is InChI=1S/C11H12N4O3/c1-2-3-9(10(16)17)15-11(18)13-6-8-4-5-12-7-14-8/h1,4-5,7,9H,3,6H2,(H,16,17)(H2,13,15,18). The summed E-state index contributed by atoms with van der Waals surface area (Å²) in [5.74, 6) is 1.01. The van der Waals surface area contributed by atoms with Crippen molar-refractivity contribution in [3.05, 3.63) is 24.3 Å². The van der Waals surface area contributed by atoms with Gasteiger partial charge in [-0.15, -0.1) is 12.3 Å². The van der Waals surface area contributed by atoms with Gasteiger partial charge in [0, 0.05) is 12.6 Å². The van der Waals surface area contributed by atoms with Gasteiger partial charge in [0.25, 0.3) is 0 Å². The Bertz CT molecular complexity index is 455. The number of carboxylic acid groups (broad SMARTS) is 1. The Hall–Kier alpha value is -2.62. The molecule has 94 valence electrons. The fourth-order valence-corrected chi connectivity index (χ4v) is 1.12. The Labute approximate surface area is 104 Å². The molecule has 1 heterocycles. The van der Waals surface area contributed by atoms with Crippen molar-refractivity contribution in [2.75, 3.05) is 0 Å². The quantitative estimate of drug-likeness (QED) is 0.623. The van der Waals surface area contributed by atoms with Gasteiger partial charge in [0.1, 0.15) is 12.4 Å². The number of rotatable bonds is 5. The molecule has 18 heavy (non-hydrogen) atoms. The number of aromatic nitrogens is 2. The second-order valence-corrected chi connectivity index (χ2v) is 3.33. The van der Waals surface area contributed by atoms with Crippen LogP contribution in [-0.4, -0.2) is 33.1 Å². The molecule has 0 aromatic carbocycles. The van der Waals surface area contributed by atoms with E-state index in [4.69, 9.17) is 11.5 Å². The molecule has 0 radical (unpaired) electrons. The lowest BCUT2D eigenvalue weighted by molar-refractivity contribution is -0.139. The molecule has 1 aromatic rings. The van der Waals surface area contributed by atoms with Crippen LogP contribution in [0.4, 0.5) is 4.79 Å². The van der Waals surface area contributed by atoms with Crippen LogP contribution in [0, 0.1) is 12.3 Å². The molecule has 2 amide bonds. The summed E-state index contributed by atoms with van der Waals surface area (Å²) < 4.78 is 0. The fraction of sp³-hybridized carbons (Fsp3) is 0.273. The van der Waals surface area contributed by atoms with E-state index in [9.17, 15) is 9.59 Å². The maximum Gasteiger partial charge on any atom is 0.327 e. The van der Waals surface area contributed by atoms with Crippen molar-refractivity contribution < 1.29 is 14.7 Å². The molecule has 0 saturated heterocycles. The summed E-state index contributed by atoms with van der Waals surface area (Å²) >= 11 is 0. The van der Waals surface area contributed by atoms with E-state index in [1.807, 2.05) is 0 Å². The lowest BCUT2D eigenvalue weighted by atomic mass is 10.2. The average molecular weight is 248 g/mol. The molecular weight excluding hydrogens is 236 g/mol. The van der Waals surface area contributed by atoms with E-state index in [-0.39, 0.29) is 13.0 Å². The highest BCUT2D eigenvalue weighted by molar-refractivity contribution is 5.82. The predicted molar refractivity (Wildman–Crippen MR) is 62.3 cm³/mol. The van der Waals surface area contributed by atoms with Crippen molar-refractivity contribution in [3.63, 3.8) is 0 Å². The number of nitrogens with one attached hydrogen (secondary N) is 2. The first-order chi connectivity index (χ1) is 8.63. The van der Waals surface area contributed by atoms with Crippen LogP contribution in [0.2, 0.25) is 0 Å². The molecule has 7 heteroatoms. The maximum absolute atomic E-state index is 11.4. The van der Waals surface area contributed by atoms with Gasteiger partial charge in [-0.3, -0.25) is 0 Å². The van der Waals surface area contributed by atoms with Gasteiger partial charge in [0.15, 0.2) is 0 Å². The second-order valence-electron chi connectivity index (χ2n) is 3.33. The normalized spacial score (nSPS) is 11.1. The van der Waals surface area contributed by atoms with Crippen LogP contribution in [0.25, 0.3) is 0 Å². The summed E-state index contributed by atoms with van der Waals surface area (Å²) in [5, 5.41) is 13.5. The maximum atomic E-state index is 11.4. The van der Waals surface area contributed by atoms with Crippen LogP contribution in [-0.2, 0) is 11.3 Å². The molecule has 0 aliphatic rings. The summed E-state index contributed by atoms with van der Waals surface area (Å²) in [4.78, 5) is 29.8. The monoisotopic (exact) mass is 248 g/mol. The van der Waals surface area contributed by atoms with Crippen LogP contribution >= 0.6 is 0 Å². The summed E-state index contributed by atoms with van der Waals surface area (Å²) in [6.45, 7) is 0.177. The first-order valence-corrected chi connectivity index (χ1v) is 5.09. The minimum Gasteiger partial charge on any atom is -0.480 e. The molecule has 3 N–H and O–H groups in total. The third kappa shape index (κ3) is 4.49. The summed E-state index contributed by atoms with van der Waals surface area (Å²) in [7, 11) is 0. The molecule has 0 aliphatic carbocycles. The number of nitrogens with zero attached hydrogens (tertiary/aromatic N) is 2. The minimum atomic E-state index is -1.18. The van der Waals surface area contributed by atoms with Crippen molar-refractivity contribution in [1.82, 2.24) is 20.6 Å². The zero-order valence-corrected chi connectivity index (χ0v) is 9.46. The highest BCUT2D eigenvalue weighted by atomic mass is 16.4. The number of terminal acetylenes is 1. The highest BCUT2D eigenvalue weighted by Gasteiger charge is 2.18. The van der Waals surface area contributed by atoms with Crippen LogP contribution < -0.4 is 10.6 Å². The number of carboxylic acids is 1. The third-order valence-corrected chi connectivity index (χ3v) is 2.00. The molecule has 0 saturated carbocycles. The lowest BCUT2D eigenvalue weighted by Gasteiger charge is -2.12. The zero-order chi connectivity index (χ0) is 13.4. The zero-order valence-electron chi connectivity index (χ0n) is 9.46. The number of carbonyl (C=O) groups is 2. The van der Waals surface area contributed by atoms with E-state index in [0.717, 1.165) is 0 Å². The predicted octanol–water partition coefficient (Wildman–Crippen LogP) is -0.248. The highest BCUT2D eigenvalue weighted by Crippen LogP contribution is 1.92. The number of carbonyl (C=O) groups excluding carboxylic acids is 1. The van der Waals surface area contributed by atoms with Crippen molar-refractivity contribution in [2.24, 2.45) is 0 Å². The Balaban J connectivity index is 2.42. The number of aliphatic carboxylic acids is 1. The van der Waals surface area contributed by atoms with Crippen molar-refractivity contribution >= 4 is 12.0 Å². The molecule has 1 unspecified atom stereocenters. The number of amides is 2. The van der Waals surface area contributed by atoms with E-state index in [1.165, 1.54) is 6.33 Å². The van der Waals surface area contributed by atoms with Gasteiger partial charge >= 0.3 is 12.0 Å². The van der Waals surface area contributed by atoms with Gasteiger partial charge < -0.3 is 15.7 Å². The molecular formula is C11H12N4O3. The third-order valence-electron chi connectivity index (χ3n) is 2.00. The van der Waals surface area contributed by atoms with Crippen LogP contribution in [0.5, 0.6) is 0 Å². The van der Waals surface area contributed by atoms with Gasteiger partial charge in [0.2, 0.25) is 0 Å². The summed E-state index contributed by atoms with van der Waals surface area (Å²) in [6.07, 6.45) is 7.83. The smallest absolute Gasteiger partial charge is 0.327 e.